The maximum atomic E-state index is 4.06. The van der Waals surface area contributed by atoms with E-state index in [1.54, 1.807) is 6.33 Å². The Morgan fingerprint density at radius 3 is 3.09 bits per heavy atom. The van der Waals surface area contributed by atoms with Crippen molar-refractivity contribution in [2.45, 2.75) is 25.8 Å². The van der Waals surface area contributed by atoms with Crippen molar-refractivity contribution >= 4 is 16.7 Å². The van der Waals surface area contributed by atoms with Gasteiger partial charge in [-0.05, 0) is 25.7 Å². The van der Waals surface area contributed by atoms with E-state index in [0.29, 0.717) is 6.04 Å². The van der Waals surface area contributed by atoms with E-state index in [0.717, 1.165) is 11.0 Å². The van der Waals surface area contributed by atoms with Crippen LogP contribution in [0, 0.1) is 5.92 Å². The largest absolute Gasteiger partial charge is 0.358 e. The minimum Gasteiger partial charge on any atom is -0.358 e. The first kappa shape index (κ1) is 7.03. The fourth-order valence-corrected chi connectivity index (χ4v) is 1.67. The molecule has 1 aromatic rings. The molecule has 0 aliphatic heterocycles. The van der Waals surface area contributed by atoms with Crippen molar-refractivity contribution in [1.82, 2.24) is 9.36 Å². The quantitative estimate of drug-likeness (QED) is 0.749. The molecule has 0 radical (unpaired) electrons. The number of hydrogen-bond acceptors (Lipinski definition) is 4. The van der Waals surface area contributed by atoms with Gasteiger partial charge in [-0.1, -0.05) is 0 Å². The molecule has 60 valence electrons. The second-order valence-electron chi connectivity index (χ2n) is 3.02. The molecule has 1 aromatic heterocycles. The van der Waals surface area contributed by atoms with Gasteiger partial charge in [-0.2, -0.15) is 4.37 Å². The molecule has 1 unspecified atom stereocenters. The van der Waals surface area contributed by atoms with E-state index in [4.69, 9.17) is 0 Å². The summed E-state index contributed by atoms with van der Waals surface area (Å²) < 4.78 is 3.92. The van der Waals surface area contributed by atoms with Crippen LogP contribution in [-0.2, 0) is 0 Å². The first-order valence-electron chi connectivity index (χ1n) is 3.89. The molecule has 0 aromatic carbocycles. The number of hydrogen-bond donors (Lipinski definition) is 1. The summed E-state index contributed by atoms with van der Waals surface area (Å²) in [5, 5.41) is 4.28. The summed E-state index contributed by atoms with van der Waals surface area (Å²) in [6.45, 7) is 2.21. The third-order valence-electron chi connectivity index (χ3n) is 2.04. The highest BCUT2D eigenvalue weighted by molar-refractivity contribution is 7.09. The van der Waals surface area contributed by atoms with Crippen molar-refractivity contribution in [2.24, 2.45) is 5.92 Å². The molecule has 1 N–H and O–H groups in total. The van der Waals surface area contributed by atoms with E-state index in [9.17, 15) is 0 Å². The maximum Gasteiger partial charge on any atom is 0.202 e. The van der Waals surface area contributed by atoms with Crippen molar-refractivity contribution in [2.75, 3.05) is 5.32 Å². The van der Waals surface area contributed by atoms with E-state index < -0.39 is 0 Å². The van der Waals surface area contributed by atoms with Crippen molar-refractivity contribution in [3.8, 4) is 0 Å². The zero-order valence-electron chi connectivity index (χ0n) is 6.45. The van der Waals surface area contributed by atoms with Gasteiger partial charge in [0.25, 0.3) is 0 Å². The van der Waals surface area contributed by atoms with Gasteiger partial charge in [-0.15, -0.1) is 0 Å². The van der Waals surface area contributed by atoms with Gasteiger partial charge in [0.05, 0.1) is 0 Å². The Hall–Kier alpha value is -0.640. The fourth-order valence-electron chi connectivity index (χ4n) is 1.15. The summed E-state index contributed by atoms with van der Waals surface area (Å²) in [5.41, 5.74) is 0. The Kier molecular flexibility index (Phi) is 1.77. The molecule has 0 bridgehead atoms. The summed E-state index contributed by atoms with van der Waals surface area (Å²) in [6, 6.07) is 0.572. The zero-order chi connectivity index (χ0) is 7.68. The van der Waals surface area contributed by atoms with Crippen LogP contribution >= 0.6 is 11.5 Å². The summed E-state index contributed by atoms with van der Waals surface area (Å²) in [7, 11) is 0. The predicted octanol–water partition coefficient (Wildman–Crippen LogP) is 1.75. The fraction of sp³-hybridized carbons (Fsp3) is 0.714. The number of anilines is 1. The number of aromatic nitrogens is 2. The van der Waals surface area contributed by atoms with Crippen molar-refractivity contribution < 1.29 is 0 Å². The molecule has 11 heavy (non-hydrogen) atoms. The van der Waals surface area contributed by atoms with Gasteiger partial charge >= 0.3 is 0 Å². The first-order chi connectivity index (χ1) is 5.36. The lowest BCUT2D eigenvalue weighted by Crippen LogP contribution is -2.16. The van der Waals surface area contributed by atoms with Gasteiger partial charge in [0.1, 0.15) is 6.33 Å². The van der Waals surface area contributed by atoms with E-state index in [1.807, 2.05) is 0 Å². The molecule has 0 amide bonds. The van der Waals surface area contributed by atoms with Gasteiger partial charge in [-0.3, -0.25) is 0 Å². The van der Waals surface area contributed by atoms with Crippen LogP contribution in [0.1, 0.15) is 19.8 Å². The monoisotopic (exact) mass is 169 g/mol. The van der Waals surface area contributed by atoms with Crippen LogP contribution in [0.3, 0.4) is 0 Å². The number of nitrogens with one attached hydrogen (secondary N) is 1. The summed E-state index contributed by atoms with van der Waals surface area (Å²) in [5.74, 6) is 0.874. The zero-order valence-corrected chi connectivity index (χ0v) is 7.27. The minimum absolute atomic E-state index is 0.572. The number of rotatable bonds is 3. The van der Waals surface area contributed by atoms with Gasteiger partial charge in [0, 0.05) is 17.6 Å². The van der Waals surface area contributed by atoms with E-state index in [1.165, 1.54) is 24.4 Å². The van der Waals surface area contributed by atoms with Crippen molar-refractivity contribution in [1.29, 1.82) is 0 Å². The van der Waals surface area contributed by atoms with Gasteiger partial charge in [0.15, 0.2) is 0 Å². The van der Waals surface area contributed by atoms with Crippen molar-refractivity contribution in [3.05, 3.63) is 6.33 Å². The highest BCUT2D eigenvalue weighted by Crippen LogP contribution is 2.33. The second kappa shape index (κ2) is 2.77. The molecule has 0 spiro atoms. The minimum atomic E-state index is 0.572. The van der Waals surface area contributed by atoms with Gasteiger partial charge < -0.3 is 5.32 Å². The maximum absolute atomic E-state index is 4.06. The van der Waals surface area contributed by atoms with Gasteiger partial charge in [0.2, 0.25) is 5.13 Å². The Bertz CT molecular complexity index is 218. The Balaban J connectivity index is 1.89. The molecule has 1 fully saturated rings. The number of nitrogens with zero attached hydrogens (tertiary/aromatic N) is 2. The Morgan fingerprint density at radius 2 is 2.55 bits per heavy atom. The van der Waals surface area contributed by atoms with Crippen LogP contribution < -0.4 is 5.32 Å². The van der Waals surface area contributed by atoms with Crippen LogP contribution in [0.2, 0.25) is 0 Å². The third kappa shape index (κ3) is 1.68. The summed E-state index contributed by atoms with van der Waals surface area (Å²) in [6.07, 6.45) is 4.33. The molecule has 1 heterocycles. The molecular formula is C7H11N3S. The van der Waals surface area contributed by atoms with E-state index >= 15 is 0 Å². The normalized spacial score (nSPS) is 19.7. The van der Waals surface area contributed by atoms with E-state index in [2.05, 4.69) is 21.6 Å². The molecule has 1 atom stereocenters. The average Bonchev–Trinajstić information content (AvgIpc) is 2.73. The second-order valence-corrected chi connectivity index (χ2v) is 3.80. The summed E-state index contributed by atoms with van der Waals surface area (Å²) in [4.78, 5) is 4.06. The van der Waals surface area contributed by atoms with Crippen LogP contribution in [0.15, 0.2) is 6.33 Å². The SMILES string of the molecule is CC(Nc1ncns1)C1CC1. The summed E-state index contributed by atoms with van der Waals surface area (Å²) >= 11 is 1.42. The lowest BCUT2D eigenvalue weighted by molar-refractivity contribution is 0.693. The predicted molar refractivity (Wildman–Crippen MR) is 45.7 cm³/mol. The topological polar surface area (TPSA) is 37.8 Å². The lowest BCUT2D eigenvalue weighted by Gasteiger charge is -2.09. The standard InChI is InChI=1S/C7H11N3S/c1-5(6-2-3-6)10-7-8-4-9-11-7/h4-6H,2-3H2,1H3,(H,8,9,10). The molecule has 4 heteroatoms. The molecule has 1 saturated carbocycles. The highest BCUT2D eigenvalue weighted by atomic mass is 32.1. The molecule has 0 saturated heterocycles. The first-order valence-corrected chi connectivity index (χ1v) is 4.67. The Morgan fingerprint density at radius 1 is 1.73 bits per heavy atom. The Labute approximate surface area is 70.0 Å². The molecule has 1 aliphatic rings. The smallest absolute Gasteiger partial charge is 0.202 e. The molecule has 3 nitrogen and oxygen atoms in total. The van der Waals surface area contributed by atoms with Gasteiger partial charge in [-0.25, -0.2) is 4.98 Å². The average molecular weight is 169 g/mol. The van der Waals surface area contributed by atoms with Crippen LogP contribution in [0.5, 0.6) is 0 Å². The molecule has 2 rings (SSSR count). The molecular weight excluding hydrogens is 158 g/mol. The lowest BCUT2D eigenvalue weighted by atomic mass is 10.2. The van der Waals surface area contributed by atoms with Crippen LogP contribution in [-0.4, -0.2) is 15.4 Å². The third-order valence-corrected chi connectivity index (χ3v) is 2.64. The van der Waals surface area contributed by atoms with Crippen LogP contribution in [0.25, 0.3) is 0 Å². The van der Waals surface area contributed by atoms with E-state index in [-0.39, 0.29) is 0 Å². The molecule has 1 aliphatic carbocycles. The van der Waals surface area contributed by atoms with Crippen LogP contribution in [0.4, 0.5) is 5.13 Å². The highest BCUT2D eigenvalue weighted by Gasteiger charge is 2.28. The van der Waals surface area contributed by atoms with Crippen molar-refractivity contribution in [3.63, 3.8) is 0 Å².